The molecule has 0 bridgehead atoms. The summed E-state index contributed by atoms with van der Waals surface area (Å²) in [6, 6.07) is 10.7. The Hall–Kier alpha value is -1.26. The van der Waals surface area contributed by atoms with E-state index in [1.165, 1.54) is 10.5 Å². The Kier molecular flexibility index (Phi) is 4.09. The summed E-state index contributed by atoms with van der Waals surface area (Å²) in [5, 5.41) is 5.49. The van der Waals surface area contributed by atoms with Gasteiger partial charge in [0.25, 0.3) is 0 Å². The Labute approximate surface area is 112 Å². The minimum absolute atomic E-state index is 0.142. The summed E-state index contributed by atoms with van der Waals surface area (Å²) in [6.45, 7) is 4.11. The first-order valence-electron chi connectivity index (χ1n) is 6.14. The van der Waals surface area contributed by atoms with Crippen LogP contribution < -0.4 is 5.73 Å². The molecule has 1 aromatic carbocycles. The van der Waals surface area contributed by atoms with E-state index in [1.54, 1.807) is 11.8 Å². The van der Waals surface area contributed by atoms with Crippen molar-refractivity contribution in [2.75, 3.05) is 0 Å². The van der Waals surface area contributed by atoms with Crippen LogP contribution in [-0.2, 0) is 7.05 Å². The molecule has 2 rings (SSSR count). The number of hydrogen-bond donors (Lipinski definition) is 1. The van der Waals surface area contributed by atoms with Crippen molar-refractivity contribution in [2.45, 2.75) is 36.2 Å². The second-order valence-electron chi connectivity index (χ2n) is 4.43. The Morgan fingerprint density at radius 3 is 2.50 bits per heavy atom. The largest absolute Gasteiger partial charge is 0.324 e. The van der Waals surface area contributed by atoms with Gasteiger partial charge in [-0.25, -0.2) is 0 Å². The minimum Gasteiger partial charge on any atom is -0.324 e. The highest BCUT2D eigenvalue weighted by atomic mass is 32.2. The molecule has 18 heavy (non-hydrogen) atoms. The summed E-state index contributed by atoms with van der Waals surface area (Å²) in [7, 11) is 1.97. The fraction of sp³-hybridized carbons (Fsp3) is 0.357. The monoisotopic (exact) mass is 261 g/mol. The van der Waals surface area contributed by atoms with Crippen LogP contribution in [0.2, 0.25) is 0 Å². The van der Waals surface area contributed by atoms with Crippen LogP contribution in [-0.4, -0.2) is 9.78 Å². The van der Waals surface area contributed by atoms with E-state index in [0.717, 1.165) is 17.1 Å². The number of nitrogens with zero attached hydrogens (tertiary/aromatic N) is 2. The molecule has 0 saturated heterocycles. The van der Waals surface area contributed by atoms with Crippen molar-refractivity contribution in [3.8, 4) is 0 Å². The van der Waals surface area contributed by atoms with E-state index in [1.807, 2.05) is 18.7 Å². The first-order chi connectivity index (χ1) is 8.60. The highest BCUT2D eigenvalue weighted by molar-refractivity contribution is 7.99. The van der Waals surface area contributed by atoms with Crippen molar-refractivity contribution in [3.63, 3.8) is 0 Å². The van der Waals surface area contributed by atoms with Gasteiger partial charge in [0.15, 0.2) is 0 Å². The number of aryl methyl sites for hydroxylation is 2. The first-order valence-corrected chi connectivity index (χ1v) is 6.96. The molecule has 1 heterocycles. The van der Waals surface area contributed by atoms with Gasteiger partial charge in [-0.1, -0.05) is 30.8 Å². The molecule has 0 aliphatic carbocycles. The van der Waals surface area contributed by atoms with Gasteiger partial charge in [0.2, 0.25) is 0 Å². The van der Waals surface area contributed by atoms with E-state index in [9.17, 15) is 0 Å². The summed E-state index contributed by atoms with van der Waals surface area (Å²) in [5.41, 5.74) is 8.25. The summed E-state index contributed by atoms with van der Waals surface area (Å²) >= 11 is 1.72. The second-order valence-corrected chi connectivity index (χ2v) is 5.53. The molecule has 0 radical (unpaired) electrons. The molecular formula is C14H19N3S. The predicted molar refractivity (Wildman–Crippen MR) is 75.7 cm³/mol. The van der Waals surface area contributed by atoms with Crippen molar-refractivity contribution < 1.29 is 0 Å². The lowest BCUT2D eigenvalue weighted by molar-refractivity contribution is 0.692. The van der Waals surface area contributed by atoms with Gasteiger partial charge in [0.05, 0.1) is 10.7 Å². The molecule has 0 aliphatic heterocycles. The van der Waals surface area contributed by atoms with Crippen molar-refractivity contribution in [1.29, 1.82) is 0 Å². The van der Waals surface area contributed by atoms with E-state index in [0.29, 0.717) is 0 Å². The minimum atomic E-state index is 0.142. The maximum absolute atomic E-state index is 6.00. The van der Waals surface area contributed by atoms with Crippen molar-refractivity contribution in [3.05, 3.63) is 41.6 Å². The predicted octanol–water partition coefficient (Wildman–Crippen LogP) is 3.29. The first kappa shape index (κ1) is 13.2. The standard InChI is InChI=1S/C14H19N3S/c1-4-13(15)11-5-7-12(8-6-11)18-14-9-10(2)16-17(14)3/h5-9,13H,4,15H2,1-3H3/t13-/m1/s1. The van der Waals surface area contributed by atoms with E-state index in [4.69, 9.17) is 5.73 Å². The average Bonchev–Trinajstić information content (AvgIpc) is 2.68. The number of nitrogens with two attached hydrogens (primary N) is 1. The molecule has 0 amide bonds. The average molecular weight is 261 g/mol. The smallest absolute Gasteiger partial charge is 0.0986 e. The summed E-state index contributed by atoms with van der Waals surface area (Å²) in [6.07, 6.45) is 0.966. The summed E-state index contributed by atoms with van der Waals surface area (Å²) < 4.78 is 1.91. The maximum Gasteiger partial charge on any atom is 0.0986 e. The lowest BCUT2D eigenvalue weighted by atomic mass is 10.1. The topological polar surface area (TPSA) is 43.8 Å². The lowest BCUT2D eigenvalue weighted by Crippen LogP contribution is -2.07. The fourth-order valence-corrected chi connectivity index (χ4v) is 2.74. The highest BCUT2D eigenvalue weighted by Gasteiger charge is 2.06. The van der Waals surface area contributed by atoms with Gasteiger partial charge in [0, 0.05) is 18.0 Å². The molecule has 2 N–H and O–H groups in total. The third kappa shape index (κ3) is 2.94. The van der Waals surface area contributed by atoms with Crippen LogP contribution in [0, 0.1) is 6.92 Å². The molecular weight excluding hydrogens is 242 g/mol. The van der Waals surface area contributed by atoms with Crippen molar-refractivity contribution in [1.82, 2.24) is 9.78 Å². The number of rotatable bonds is 4. The zero-order valence-corrected chi connectivity index (χ0v) is 11.9. The van der Waals surface area contributed by atoms with Gasteiger partial charge in [-0.15, -0.1) is 0 Å². The van der Waals surface area contributed by atoms with E-state index < -0.39 is 0 Å². The van der Waals surface area contributed by atoms with Gasteiger partial charge in [0.1, 0.15) is 0 Å². The Morgan fingerprint density at radius 1 is 1.33 bits per heavy atom. The number of hydrogen-bond acceptors (Lipinski definition) is 3. The molecule has 4 heteroatoms. The van der Waals surface area contributed by atoms with E-state index >= 15 is 0 Å². The van der Waals surface area contributed by atoms with Crippen LogP contribution >= 0.6 is 11.8 Å². The molecule has 1 atom stereocenters. The molecule has 1 aromatic heterocycles. The lowest BCUT2D eigenvalue weighted by Gasteiger charge is -2.09. The van der Waals surface area contributed by atoms with Crippen LogP contribution in [0.5, 0.6) is 0 Å². The number of aromatic nitrogens is 2. The zero-order chi connectivity index (χ0) is 13.1. The van der Waals surface area contributed by atoms with Crippen molar-refractivity contribution >= 4 is 11.8 Å². The molecule has 0 saturated carbocycles. The van der Waals surface area contributed by atoms with Crippen LogP contribution in [0.25, 0.3) is 0 Å². The normalized spacial score (nSPS) is 12.7. The second kappa shape index (κ2) is 5.59. The van der Waals surface area contributed by atoms with Crippen LogP contribution in [0.15, 0.2) is 40.3 Å². The van der Waals surface area contributed by atoms with Crippen LogP contribution in [0.1, 0.15) is 30.6 Å². The van der Waals surface area contributed by atoms with Gasteiger partial charge < -0.3 is 5.73 Å². The SMILES string of the molecule is CC[C@@H](N)c1ccc(Sc2cc(C)nn2C)cc1. The highest BCUT2D eigenvalue weighted by Crippen LogP contribution is 2.28. The third-order valence-electron chi connectivity index (χ3n) is 2.93. The third-order valence-corrected chi connectivity index (χ3v) is 4.03. The van der Waals surface area contributed by atoms with Crippen LogP contribution in [0.4, 0.5) is 0 Å². The molecule has 3 nitrogen and oxygen atoms in total. The van der Waals surface area contributed by atoms with E-state index in [-0.39, 0.29) is 6.04 Å². The van der Waals surface area contributed by atoms with Gasteiger partial charge >= 0.3 is 0 Å². The molecule has 0 fully saturated rings. The quantitative estimate of drug-likeness (QED) is 0.918. The molecule has 0 aliphatic rings. The molecule has 0 unspecified atom stereocenters. The fourth-order valence-electron chi connectivity index (χ4n) is 1.82. The maximum atomic E-state index is 6.00. The van der Waals surface area contributed by atoms with Gasteiger partial charge in [-0.05, 0) is 37.1 Å². The summed E-state index contributed by atoms with van der Waals surface area (Å²) in [5.74, 6) is 0. The van der Waals surface area contributed by atoms with Crippen LogP contribution in [0.3, 0.4) is 0 Å². The van der Waals surface area contributed by atoms with E-state index in [2.05, 4.69) is 42.4 Å². The molecule has 2 aromatic rings. The zero-order valence-electron chi connectivity index (χ0n) is 11.1. The molecule has 0 spiro atoms. The number of benzene rings is 1. The Morgan fingerprint density at radius 2 is 2.00 bits per heavy atom. The summed E-state index contributed by atoms with van der Waals surface area (Å²) in [4.78, 5) is 1.21. The van der Waals surface area contributed by atoms with Crippen molar-refractivity contribution in [2.24, 2.45) is 12.8 Å². The Balaban J connectivity index is 2.13. The molecule has 96 valence electrons. The van der Waals surface area contributed by atoms with Gasteiger partial charge in [-0.2, -0.15) is 5.10 Å². The van der Waals surface area contributed by atoms with Gasteiger partial charge in [-0.3, -0.25) is 4.68 Å². The Bertz CT molecular complexity index is 516.